The number of thiophene rings is 4. The SMILES string of the molecule is COC(=O)c1sc(C2(O)C=CCCC2)cc1N(C(=O)C1CCC(C)CC1)C1CCC(OC2CCCCO2)CC1.COC(=O)c1sc(C2=CC(O)CCC2)cc1N(C(=O)C1CCC(C)CC1)C1CCC(OC2CCCCO2)CC1.COC(=O)c1sccc1N(C(=O)C1CCC(C)CC1)C1CCC(O)CC1.COC(=O)c1sccc1N(C(=O)C1CCC(C)CC1)C1CCC(OC2CCCCO2)CC1. The van der Waals surface area contributed by atoms with E-state index in [2.05, 4.69) is 27.7 Å². The largest absolute Gasteiger partial charge is 0.465 e. The molecule has 11 fully saturated rings. The minimum Gasteiger partial charge on any atom is -0.465 e. The highest BCUT2D eigenvalue weighted by Gasteiger charge is 2.46. The number of rotatable bonds is 24. The Morgan fingerprint density at radius 1 is 0.375 bits per heavy atom. The fourth-order valence-corrected chi connectivity index (χ4v) is 27.0. The molecule has 25 nitrogen and oxygen atoms in total. The van der Waals surface area contributed by atoms with Crippen molar-refractivity contribution in [1.82, 2.24) is 0 Å². The summed E-state index contributed by atoms with van der Waals surface area (Å²) in [6.45, 7) is 11.4. The van der Waals surface area contributed by atoms with E-state index >= 15 is 0 Å². The van der Waals surface area contributed by atoms with Crippen LogP contribution in [0.15, 0.2) is 53.3 Å². The summed E-state index contributed by atoms with van der Waals surface area (Å²) in [6.07, 6.45) is 48.9. The number of esters is 4. The molecule has 17 rings (SSSR count). The zero-order valence-electron chi connectivity index (χ0n) is 82.2. The first-order chi connectivity index (χ1) is 65.9. The number of amides is 4. The van der Waals surface area contributed by atoms with Crippen molar-refractivity contribution < 1.29 is 101 Å². The third kappa shape index (κ3) is 27.8. The van der Waals surface area contributed by atoms with Crippen molar-refractivity contribution in [2.45, 2.75) is 409 Å². The molecule has 13 aliphatic rings. The van der Waals surface area contributed by atoms with Gasteiger partial charge in [-0.2, -0.15) is 0 Å². The van der Waals surface area contributed by atoms with Gasteiger partial charge in [0.2, 0.25) is 23.6 Å². The van der Waals surface area contributed by atoms with E-state index in [4.69, 9.17) is 47.4 Å². The molecule has 7 heterocycles. The lowest BCUT2D eigenvalue weighted by Crippen LogP contribution is -2.47. The number of carbonyl (C=O) groups excluding carboxylic acids is 8. The molecule has 3 N–H and O–H groups in total. The number of nitrogens with zero attached hydrogens (tertiary/aromatic N) is 4. The van der Waals surface area contributed by atoms with Gasteiger partial charge in [-0.25, -0.2) is 19.2 Å². The second kappa shape index (κ2) is 51.6. The molecular formula is C107H156N4O21S4. The van der Waals surface area contributed by atoms with Gasteiger partial charge < -0.3 is 82.3 Å². The van der Waals surface area contributed by atoms with Crippen molar-refractivity contribution in [3.05, 3.63) is 82.5 Å². The van der Waals surface area contributed by atoms with Crippen molar-refractivity contribution in [3.8, 4) is 0 Å². The van der Waals surface area contributed by atoms with Crippen LogP contribution in [0.25, 0.3) is 5.57 Å². The molecule has 10 aliphatic carbocycles. The minimum absolute atomic E-state index is 0.0146. The van der Waals surface area contributed by atoms with Crippen LogP contribution < -0.4 is 19.6 Å². The van der Waals surface area contributed by atoms with Gasteiger partial charge in [0.25, 0.3) is 0 Å². The first kappa shape index (κ1) is 105. The first-order valence-corrected chi connectivity index (χ1v) is 55.6. The van der Waals surface area contributed by atoms with Crippen molar-refractivity contribution in [2.75, 3.05) is 67.9 Å². The summed E-state index contributed by atoms with van der Waals surface area (Å²) in [4.78, 5) is 118. The van der Waals surface area contributed by atoms with Gasteiger partial charge >= 0.3 is 23.9 Å². The van der Waals surface area contributed by atoms with Crippen LogP contribution >= 0.6 is 45.3 Å². The molecule has 136 heavy (non-hydrogen) atoms. The molecule has 3 saturated heterocycles. The number of methoxy groups -OCH3 is 4. The second-order valence-corrected chi connectivity index (χ2v) is 45.4. The summed E-state index contributed by atoms with van der Waals surface area (Å²) >= 11 is 5.33. The standard InChI is InChI=1S/2C31H45NO6S.C25H37NO5S.C20H29NO4S/c1-21-9-11-22(12-10-21)29(33)32(23-13-15-24(16-14-23)38-27-8-4-7-19-37-27)25-20-26(39-28(25)30(34)36-2)31(35)17-5-3-6-18-31;1-20-9-11-21(12-10-20)30(34)32(23-13-15-25(16-14-23)38-28-8-3-4-17-37-28)26-19-27(39-29(26)31(35)36-2)22-6-5-7-24(33)18-22;1-17-6-8-18(9-7-17)24(27)26(21-14-16-32-23(21)25(28)29-2)19-10-12-20(13-11-19)31-22-5-3-4-15-30-22;1-13-3-5-14(6-4-13)19(23)21(15-7-9-16(22)10-8-15)17-11-12-26-18(17)20(24)25-2/h5,17,20-24,27,35H,3-4,6-16,18-19H2,1-2H3;18-21,23-25,28,33H,3-17H2,1-2H3;14,16-20,22H,3-13,15H2,1-2H3;11-16,22H,3-10H2,1-2H3. The highest BCUT2D eigenvalue weighted by molar-refractivity contribution is 7.16. The lowest BCUT2D eigenvalue weighted by molar-refractivity contribution is -0.193. The van der Waals surface area contributed by atoms with Crippen LogP contribution in [0.5, 0.6) is 0 Å². The molecule has 0 aromatic carbocycles. The maximum absolute atomic E-state index is 14.3. The lowest BCUT2D eigenvalue weighted by Gasteiger charge is -2.40. The summed E-state index contributed by atoms with van der Waals surface area (Å²) in [7, 11) is 5.55. The first-order valence-electron chi connectivity index (χ1n) is 52.2. The number of anilines is 4. The van der Waals surface area contributed by atoms with Gasteiger partial charge in [-0.1, -0.05) is 45.9 Å². The third-order valence-corrected chi connectivity index (χ3v) is 35.8. The predicted molar refractivity (Wildman–Crippen MR) is 532 cm³/mol. The van der Waals surface area contributed by atoms with Crippen molar-refractivity contribution in [1.29, 1.82) is 0 Å². The number of hydrogen-bond acceptors (Lipinski definition) is 25. The maximum Gasteiger partial charge on any atom is 0.350 e. The highest BCUT2D eigenvalue weighted by Crippen LogP contribution is 2.49. The second-order valence-electron chi connectivity index (χ2n) is 41.5. The van der Waals surface area contributed by atoms with E-state index in [1.54, 1.807) is 0 Å². The molecule has 29 heteroatoms. The average molecular weight is 1960 g/mol. The molecule has 0 radical (unpaired) electrons. The van der Waals surface area contributed by atoms with Crippen molar-refractivity contribution in [2.24, 2.45) is 47.3 Å². The molecule has 4 aromatic rings. The normalized spacial score (nSPS) is 31.6. The molecule has 754 valence electrons. The minimum atomic E-state index is -1.12. The van der Waals surface area contributed by atoms with E-state index in [0.717, 1.165) is 318 Å². The molecule has 3 aliphatic heterocycles. The Balaban J connectivity index is 0.000000147. The van der Waals surface area contributed by atoms with E-state index in [9.17, 15) is 53.7 Å². The Bertz CT molecular complexity index is 4530. The molecule has 0 spiro atoms. The quantitative estimate of drug-likeness (QED) is 0.0333. The number of carbonyl (C=O) groups is 8. The molecule has 5 unspecified atom stereocenters. The highest BCUT2D eigenvalue weighted by atomic mass is 32.1. The zero-order valence-corrected chi connectivity index (χ0v) is 85.5. The molecule has 5 atom stereocenters. The number of allylic oxidation sites excluding steroid dienone is 2. The van der Waals surface area contributed by atoms with Crippen LogP contribution in [0, 0.1) is 47.3 Å². The van der Waals surface area contributed by atoms with Gasteiger partial charge in [0.05, 0.1) is 81.7 Å². The van der Waals surface area contributed by atoms with Crippen molar-refractivity contribution >= 4 is 121 Å². The number of aliphatic hydroxyl groups excluding tert-OH is 2. The number of aliphatic hydroxyl groups is 3. The average Bonchev–Trinajstić information content (AvgIpc) is 1.62. The molecule has 0 bridgehead atoms. The van der Waals surface area contributed by atoms with Crippen molar-refractivity contribution in [3.63, 3.8) is 0 Å². The van der Waals surface area contributed by atoms with Gasteiger partial charge in [0, 0.05) is 77.4 Å². The summed E-state index contributed by atoms with van der Waals surface area (Å²) in [6, 6.07) is 7.82. The Hall–Kier alpha value is -6.32. The Morgan fingerprint density at radius 2 is 0.713 bits per heavy atom. The lowest BCUT2D eigenvalue weighted by atomic mass is 9.81. The van der Waals surface area contributed by atoms with Gasteiger partial charge in [-0.3, -0.25) is 19.2 Å². The number of ether oxygens (including phenoxy) is 10. The van der Waals surface area contributed by atoms with Gasteiger partial charge in [-0.15, -0.1) is 45.3 Å². The van der Waals surface area contributed by atoms with E-state index in [0.29, 0.717) is 84.4 Å². The van der Waals surface area contributed by atoms with Crippen LogP contribution in [-0.2, 0) is 72.1 Å². The van der Waals surface area contributed by atoms with Gasteiger partial charge in [-0.05, 0) is 366 Å². The number of hydrogen-bond donors (Lipinski definition) is 3. The monoisotopic (exact) mass is 1960 g/mol. The van der Waals surface area contributed by atoms with Crippen LogP contribution in [-0.4, -0.2) is 185 Å². The smallest absolute Gasteiger partial charge is 0.350 e. The van der Waals surface area contributed by atoms with E-state index in [1.165, 1.54) is 73.8 Å². The van der Waals surface area contributed by atoms with E-state index in [-0.39, 0.29) is 127 Å². The van der Waals surface area contributed by atoms with E-state index < -0.39 is 23.6 Å². The van der Waals surface area contributed by atoms with Gasteiger partial charge in [0.15, 0.2) is 18.9 Å². The molecule has 8 saturated carbocycles. The molecule has 4 amide bonds. The fourth-order valence-electron chi connectivity index (χ4n) is 23.1. The third-order valence-electron chi connectivity index (χ3n) is 31.6. The van der Waals surface area contributed by atoms with Crippen LogP contribution in [0.3, 0.4) is 0 Å². The Kier molecular flexibility index (Phi) is 40.0. The van der Waals surface area contributed by atoms with Crippen LogP contribution in [0.1, 0.15) is 378 Å². The van der Waals surface area contributed by atoms with E-state index in [1.807, 2.05) is 72.9 Å². The molecular weight excluding hydrogens is 1810 g/mol. The summed E-state index contributed by atoms with van der Waals surface area (Å²) in [5.41, 5.74) is 2.64. The van der Waals surface area contributed by atoms with Gasteiger partial charge in [0.1, 0.15) is 25.1 Å². The Labute approximate surface area is 823 Å². The fraction of sp³-hybridized carbons (Fsp3) is 0.738. The van der Waals surface area contributed by atoms with Crippen LogP contribution in [0.4, 0.5) is 22.7 Å². The van der Waals surface area contributed by atoms with Crippen LogP contribution in [0.2, 0.25) is 0 Å². The summed E-state index contributed by atoms with van der Waals surface area (Å²) < 4.78 is 56.5. The topological polar surface area (TPSA) is 303 Å². The Morgan fingerprint density at radius 3 is 1.04 bits per heavy atom. The zero-order chi connectivity index (χ0) is 95.9. The molecule has 4 aromatic heterocycles. The summed E-state index contributed by atoms with van der Waals surface area (Å²) in [5.74, 6) is 1.65. The summed E-state index contributed by atoms with van der Waals surface area (Å²) in [5, 5.41) is 35.3. The maximum atomic E-state index is 14.3. The predicted octanol–water partition coefficient (Wildman–Crippen LogP) is 22.5.